The van der Waals surface area contributed by atoms with Crippen molar-refractivity contribution in [3.63, 3.8) is 0 Å². The Balaban J connectivity index is 1.56. The molecule has 1 aliphatic heterocycles. The highest BCUT2D eigenvalue weighted by molar-refractivity contribution is 5.94. The van der Waals surface area contributed by atoms with Crippen LogP contribution in [0.3, 0.4) is 0 Å². The van der Waals surface area contributed by atoms with Gasteiger partial charge in [0.25, 0.3) is 5.91 Å². The molecule has 1 aromatic carbocycles. The average Bonchev–Trinajstić information content (AvgIpc) is 3.28. The number of piperidine rings is 1. The molecular weight excluding hydrogens is 370 g/mol. The summed E-state index contributed by atoms with van der Waals surface area (Å²) in [7, 11) is 0. The normalized spacial score (nSPS) is 17.4. The number of benzene rings is 1. The Morgan fingerprint density at radius 1 is 1.21 bits per heavy atom. The number of likely N-dealkylation sites (tertiary alicyclic amines) is 1. The lowest BCUT2D eigenvalue weighted by Gasteiger charge is -2.32. The molecule has 1 fully saturated rings. The predicted octanol–water partition coefficient (Wildman–Crippen LogP) is 3.36. The first-order chi connectivity index (χ1) is 14.0. The summed E-state index contributed by atoms with van der Waals surface area (Å²) in [6.07, 6.45) is 4.88. The fourth-order valence-electron chi connectivity index (χ4n) is 3.46. The first-order valence-electron chi connectivity index (χ1n) is 9.99. The van der Waals surface area contributed by atoms with Crippen molar-refractivity contribution >= 4 is 23.4 Å². The third kappa shape index (κ3) is 5.25. The molecule has 0 spiro atoms. The van der Waals surface area contributed by atoms with Gasteiger partial charge in [0.1, 0.15) is 6.26 Å². The van der Waals surface area contributed by atoms with E-state index >= 15 is 0 Å². The van der Waals surface area contributed by atoms with Crippen LogP contribution < -0.4 is 10.6 Å². The van der Waals surface area contributed by atoms with Crippen LogP contribution in [0.1, 0.15) is 55.1 Å². The number of nitrogens with one attached hydrogen (secondary N) is 2. The molecule has 1 aromatic heterocycles. The van der Waals surface area contributed by atoms with E-state index in [1.165, 1.54) is 12.5 Å². The molecule has 7 heteroatoms. The van der Waals surface area contributed by atoms with E-state index in [2.05, 4.69) is 10.6 Å². The summed E-state index contributed by atoms with van der Waals surface area (Å²) >= 11 is 0. The van der Waals surface area contributed by atoms with E-state index in [1.807, 2.05) is 31.2 Å². The molecule has 3 rings (SSSR count). The van der Waals surface area contributed by atoms with Gasteiger partial charge in [-0.1, -0.05) is 19.1 Å². The Bertz CT molecular complexity index is 845. The van der Waals surface area contributed by atoms with Crippen LogP contribution in [0, 0.1) is 5.92 Å². The van der Waals surface area contributed by atoms with E-state index < -0.39 is 0 Å². The third-order valence-corrected chi connectivity index (χ3v) is 5.22. The number of hydrogen-bond donors (Lipinski definition) is 2. The fourth-order valence-corrected chi connectivity index (χ4v) is 3.46. The van der Waals surface area contributed by atoms with Crippen molar-refractivity contribution in [1.82, 2.24) is 10.2 Å². The monoisotopic (exact) mass is 397 g/mol. The highest BCUT2D eigenvalue weighted by Gasteiger charge is 2.29. The van der Waals surface area contributed by atoms with Gasteiger partial charge < -0.3 is 20.0 Å². The first-order valence-corrected chi connectivity index (χ1v) is 9.99. The summed E-state index contributed by atoms with van der Waals surface area (Å²) in [6, 6.07) is 8.92. The Kier molecular flexibility index (Phi) is 6.69. The summed E-state index contributed by atoms with van der Waals surface area (Å²) in [6.45, 7) is 4.78. The molecule has 2 unspecified atom stereocenters. The highest BCUT2D eigenvalue weighted by atomic mass is 16.3. The lowest BCUT2D eigenvalue weighted by Crippen LogP contribution is -2.45. The molecule has 0 bridgehead atoms. The van der Waals surface area contributed by atoms with Gasteiger partial charge in [-0.25, -0.2) is 0 Å². The van der Waals surface area contributed by atoms with Crippen LogP contribution in [-0.2, 0) is 9.59 Å². The Morgan fingerprint density at radius 3 is 2.62 bits per heavy atom. The number of rotatable bonds is 6. The van der Waals surface area contributed by atoms with Crippen LogP contribution >= 0.6 is 0 Å². The van der Waals surface area contributed by atoms with Crippen molar-refractivity contribution in [2.75, 3.05) is 18.4 Å². The average molecular weight is 397 g/mol. The molecular formula is C22H27N3O4. The molecule has 0 radical (unpaired) electrons. The van der Waals surface area contributed by atoms with E-state index in [-0.39, 0.29) is 29.7 Å². The van der Waals surface area contributed by atoms with Gasteiger partial charge in [0.15, 0.2) is 0 Å². The largest absolute Gasteiger partial charge is 0.472 e. The molecule has 2 N–H and O–H groups in total. The fraction of sp³-hybridized carbons (Fsp3) is 0.409. The van der Waals surface area contributed by atoms with Gasteiger partial charge >= 0.3 is 0 Å². The summed E-state index contributed by atoms with van der Waals surface area (Å²) in [5.74, 6) is -0.421. The van der Waals surface area contributed by atoms with Crippen LogP contribution in [0.4, 0.5) is 5.69 Å². The maximum Gasteiger partial charge on any atom is 0.257 e. The number of nitrogens with zero attached hydrogens (tertiary/aromatic N) is 1. The summed E-state index contributed by atoms with van der Waals surface area (Å²) < 4.78 is 4.99. The van der Waals surface area contributed by atoms with Gasteiger partial charge in [-0.15, -0.1) is 0 Å². The lowest BCUT2D eigenvalue weighted by molar-refractivity contribution is -0.127. The molecule has 1 saturated heterocycles. The smallest absolute Gasteiger partial charge is 0.257 e. The number of anilines is 1. The lowest BCUT2D eigenvalue weighted by atomic mass is 9.96. The van der Waals surface area contributed by atoms with Crippen molar-refractivity contribution in [3.8, 4) is 0 Å². The van der Waals surface area contributed by atoms with Crippen LogP contribution in [-0.4, -0.2) is 35.7 Å². The van der Waals surface area contributed by atoms with Crippen LogP contribution in [0.5, 0.6) is 0 Å². The number of carbonyl (C=O) groups is 3. The predicted molar refractivity (Wildman–Crippen MR) is 109 cm³/mol. The SMILES string of the molecule is CCC(=O)Nc1ccc(C(C)NC(=O)C2CCCN(C(=O)c3ccoc3)C2)cc1. The molecule has 2 heterocycles. The van der Waals surface area contributed by atoms with Gasteiger partial charge in [-0.3, -0.25) is 14.4 Å². The second-order valence-corrected chi connectivity index (χ2v) is 7.36. The number of amides is 3. The number of furan rings is 1. The maximum atomic E-state index is 12.8. The molecule has 2 atom stereocenters. The molecule has 0 aliphatic carbocycles. The van der Waals surface area contributed by atoms with Crippen molar-refractivity contribution in [3.05, 3.63) is 54.0 Å². The zero-order valence-corrected chi connectivity index (χ0v) is 16.8. The van der Waals surface area contributed by atoms with E-state index in [0.29, 0.717) is 25.1 Å². The second-order valence-electron chi connectivity index (χ2n) is 7.36. The first kappa shape index (κ1) is 20.6. The van der Waals surface area contributed by atoms with Crippen molar-refractivity contribution in [2.45, 2.75) is 39.2 Å². The summed E-state index contributed by atoms with van der Waals surface area (Å²) in [5, 5.41) is 5.86. The van der Waals surface area contributed by atoms with Crippen LogP contribution in [0.2, 0.25) is 0 Å². The number of hydrogen-bond acceptors (Lipinski definition) is 4. The minimum atomic E-state index is -0.231. The van der Waals surface area contributed by atoms with E-state index in [1.54, 1.807) is 17.9 Å². The Hall–Kier alpha value is -3.09. The third-order valence-electron chi connectivity index (χ3n) is 5.22. The molecule has 7 nitrogen and oxygen atoms in total. The molecule has 1 aliphatic rings. The molecule has 154 valence electrons. The Morgan fingerprint density at radius 2 is 1.97 bits per heavy atom. The standard InChI is InChI=1S/C22H27N3O4/c1-3-20(26)24-19-8-6-16(7-9-19)15(2)23-21(27)17-5-4-11-25(13-17)22(28)18-10-12-29-14-18/h6-10,12,14-15,17H,3-5,11,13H2,1-2H3,(H,23,27)(H,24,26). The van der Waals surface area contributed by atoms with Gasteiger partial charge in [0.05, 0.1) is 23.8 Å². The molecule has 3 amide bonds. The molecule has 29 heavy (non-hydrogen) atoms. The quantitative estimate of drug-likeness (QED) is 0.782. The number of carbonyl (C=O) groups excluding carboxylic acids is 3. The zero-order chi connectivity index (χ0) is 20.8. The van der Waals surface area contributed by atoms with Gasteiger partial charge in [0, 0.05) is 25.2 Å². The van der Waals surface area contributed by atoms with Crippen molar-refractivity contribution < 1.29 is 18.8 Å². The minimum absolute atomic E-state index is 0.0362. The second kappa shape index (κ2) is 9.41. The van der Waals surface area contributed by atoms with Crippen LogP contribution in [0.15, 0.2) is 47.3 Å². The summed E-state index contributed by atoms with van der Waals surface area (Å²) in [5.41, 5.74) is 2.20. The highest BCUT2D eigenvalue weighted by Crippen LogP contribution is 2.21. The Labute approximate surface area is 170 Å². The van der Waals surface area contributed by atoms with Gasteiger partial charge in [-0.2, -0.15) is 0 Å². The topological polar surface area (TPSA) is 91.7 Å². The van der Waals surface area contributed by atoms with E-state index in [4.69, 9.17) is 4.42 Å². The van der Waals surface area contributed by atoms with Crippen molar-refractivity contribution in [1.29, 1.82) is 0 Å². The molecule has 0 saturated carbocycles. The van der Waals surface area contributed by atoms with E-state index in [9.17, 15) is 14.4 Å². The maximum absolute atomic E-state index is 12.8. The summed E-state index contributed by atoms with van der Waals surface area (Å²) in [4.78, 5) is 38.5. The van der Waals surface area contributed by atoms with E-state index in [0.717, 1.165) is 24.1 Å². The minimum Gasteiger partial charge on any atom is -0.472 e. The van der Waals surface area contributed by atoms with Gasteiger partial charge in [0.2, 0.25) is 11.8 Å². The van der Waals surface area contributed by atoms with Crippen LogP contribution in [0.25, 0.3) is 0 Å². The zero-order valence-electron chi connectivity index (χ0n) is 16.8. The van der Waals surface area contributed by atoms with Crippen molar-refractivity contribution in [2.24, 2.45) is 5.92 Å². The van der Waals surface area contributed by atoms with Gasteiger partial charge in [-0.05, 0) is 43.5 Å². The molecule has 2 aromatic rings.